The molecule has 0 aromatic rings. The number of nitrogens with one attached hydrogen (secondary N) is 1. The molecule has 1 amide bonds. The van der Waals surface area contributed by atoms with E-state index in [1.54, 1.807) is 0 Å². The van der Waals surface area contributed by atoms with Gasteiger partial charge in [-0.3, -0.25) is 4.79 Å². The summed E-state index contributed by atoms with van der Waals surface area (Å²) in [4.78, 5) is 12.0. The molecule has 0 aliphatic heterocycles. The van der Waals surface area contributed by atoms with E-state index in [0.717, 1.165) is 18.2 Å². The Balaban J connectivity index is 2.40. The summed E-state index contributed by atoms with van der Waals surface area (Å²) in [6, 6.07) is 0.274. The minimum absolute atomic E-state index is 0.138. The second-order valence-electron chi connectivity index (χ2n) is 6.32. The first-order valence-corrected chi connectivity index (χ1v) is 7.91. The largest absolute Gasteiger partial charge is 0.353 e. The standard InChI is InChI=1S/C14H26BrNO/c1-14(2,3)12(8-9-15)16-13(17)10-11-6-4-5-7-11/h11-12H,4-10H2,1-3H3,(H,16,17). The molecule has 0 bridgehead atoms. The van der Waals surface area contributed by atoms with Crippen LogP contribution in [0.4, 0.5) is 0 Å². The van der Waals surface area contributed by atoms with Gasteiger partial charge in [-0.1, -0.05) is 49.5 Å². The zero-order valence-electron chi connectivity index (χ0n) is 11.4. The monoisotopic (exact) mass is 303 g/mol. The van der Waals surface area contributed by atoms with Gasteiger partial charge in [-0.15, -0.1) is 0 Å². The fraction of sp³-hybridized carbons (Fsp3) is 0.929. The molecular weight excluding hydrogens is 278 g/mol. The van der Waals surface area contributed by atoms with Crippen LogP contribution in [-0.4, -0.2) is 17.3 Å². The van der Waals surface area contributed by atoms with E-state index in [2.05, 4.69) is 42.0 Å². The van der Waals surface area contributed by atoms with Crippen LogP contribution in [0.15, 0.2) is 0 Å². The van der Waals surface area contributed by atoms with Crippen LogP contribution in [0.1, 0.15) is 59.3 Å². The molecule has 1 aliphatic rings. The van der Waals surface area contributed by atoms with Gasteiger partial charge in [0.25, 0.3) is 0 Å². The summed E-state index contributed by atoms with van der Waals surface area (Å²) in [7, 11) is 0. The van der Waals surface area contributed by atoms with Gasteiger partial charge in [-0.25, -0.2) is 0 Å². The molecule has 1 fully saturated rings. The fourth-order valence-corrected chi connectivity index (χ4v) is 3.02. The molecule has 1 saturated carbocycles. The topological polar surface area (TPSA) is 29.1 Å². The average Bonchev–Trinajstić information content (AvgIpc) is 2.68. The maximum atomic E-state index is 12.0. The van der Waals surface area contributed by atoms with E-state index < -0.39 is 0 Å². The van der Waals surface area contributed by atoms with Crippen LogP contribution < -0.4 is 5.32 Å². The molecular formula is C14H26BrNO. The highest BCUT2D eigenvalue weighted by Crippen LogP contribution is 2.28. The van der Waals surface area contributed by atoms with Crippen LogP contribution in [0.5, 0.6) is 0 Å². The lowest BCUT2D eigenvalue weighted by Gasteiger charge is -2.31. The van der Waals surface area contributed by atoms with Crippen LogP contribution >= 0.6 is 15.9 Å². The molecule has 1 unspecified atom stereocenters. The van der Waals surface area contributed by atoms with Crippen LogP contribution in [-0.2, 0) is 4.79 Å². The fourth-order valence-electron chi connectivity index (χ4n) is 2.56. The lowest BCUT2D eigenvalue weighted by molar-refractivity contribution is -0.123. The Morgan fingerprint density at radius 3 is 2.41 bits per heavy atom. The first-order valence-electron chi connectivity index (χ1n) is 6.79. The molecule has 100 valence electrons. The number of hydrogen-bond donors (Lipinski definition) is 1. The highest BCUT2D eigenvalue weighted by atomic mass is 79.9. The molecule has 1 N–H and O–H groups in total. The van der Waals surface area contributed by atoms with Crippen molar-refractivity contribution in [3.8, 4) is 0 Å². The Morgan fingerprint density at radius 2 is 1.94 bits per heavy atom. The average molecular weight is 304 g/mol. The zero-order valence-corrected chi connectivity index (χ0v) is 13.0. The third-order valence-corrected chi connectivity index (χ3v) is 4.19. The Labute approximate surface area is 114 Å². The van der Waals surface area contributed by atoms with Gasteiger partial charge in [0.15, 0.2) is 0 Å². The van der Waals surface area contributed by atoms with Crippen molar-refractivity contribution in [3.63, 3.8) is 0 Å². The molecule has 17 heavy (non-hydrogen) atoms. The van der Waals surface area contributed by atoms with Crippen LogP contribution in [0.25, 0.3) is 0 Å². The maximum absolute atomic E-state index is 12.0. The van der Waals surface area contributed by atoms with Crippen LogP contribution in [0.3, 0.4) is 0 Å². The first kappa shape index (κ1) is 15.0. The van der Waals surface area contributed by atoms with E-state index in [4.69, 9.17) is 0 Å². The predicted octanol–water partition coefficient (Wildman–Crippen LogP) is 3.88. The van der Waals surface area contributed by atoms with Crippen molar-refractivity contribution in [2.24, 2.45) is 11.3 Å². The second kappa shape index (κ2) is 6.77. The summed E-state index contributed by atoms with van der Waals surface area (Å²) in [6.07, 6.45) is 6.83. The van der Waals surface area contributed by atoms with Crippen LogP contribution in [0.2, 0.25) is 0 Å². The summed E-state index contributed by atoms with van der Waals surface area (Å²) >= 11 is 3.47. The normalized spacial score (nSPS) is 19.3. The van der Waals surface area contributed by atoms with Gasteiger partial charge in [0.05, 0.1) is 0 Å². The Bertz CT molecular complexity index is 241. The van der Waals surface area contributed by atoms with E-state index in [1.807, 2.05) is 0 Å². The number of carbonyl (C=O) groups excluding carboxylic acids is 1. The van der Waals surface area contributed by atoms with Crippen molar-refractivity contribution in [1.82, 2.24) is 5.32 Å². The first-order chi connectivity index (χ1) is 7.93. The minimum Gasteiger partial charge on any atom is -0.353 e. The van der Waals surface area contributed by atoms with Gasteiger partial charge in [-0.05, 0) is 30.6 Å². The lowest BCUT2D eigenvalue weighted by Crippen LogP contribution is -2.44. The molecule has 0 saturated heterocycles. The van der Waals surface area contributed by atoms with Gasteiger partial charge >= 0.3 is 0 Å². The lowest BCUT2D eigenvalue weighted by atomic mass is 9.85. The van der Waals surface area contributed by atoms with Gasteiger partial charge in [0.2, 0.25) is 5.91 Å². The number of carbonyl (C=O) groups is 1. The predicted molar refractivity (Wildman–Crippen MR) is 76.4 cm³/mol. The van der Waals surface area contributed by atoms with Gasteiger partial charge in [0.1, 0.15) is 0 Å². The van der Waals surface area contributed by atoms with Crippen molar-refractivity contribution in [3.05, 3.63) is 0 Å². The summed E-state index contributed by atoms with van der Waals surface area (Å²) in [6.45, 7) is 6.57. The van der Waals surface area contributed by atoms with Crippen molar-refractivity contribution >= 4 is 21.8 Å². The molecule has 0 heterocycles. The number of rotatable bonds is 5. The van der Waals surface area contributed by atoms with E-state index >= 15 is 0 Å². The number of hydrogen-bond acceptors (Lipinski definition) is 1. The minimum atomic E-state index is 0.138. The molecule has 2 nitrogen and oxygen atoms in total. The van der Waals surface area contributed by atoms with E-state index in [-0.39, 0.29) is 17.4 Å². The molecule has 0 spiro atoms. The summed E-state index contributed by atoms with van der Waals surface area (Å²) in [5, 5.41) is 4.16. The van der Waals surface area contributed by atoms with Crippen molar-refractivity contribution in [1.29, 1.82) is 0 Å². The third-order valence-electron chi connectivity index (χ3n) is 3.73. The number of alkyl halides is 1. The van der Waals surface area contributed by atoms with Gasteiger partial charge in [0, 0.05) is 17.8 Å². The summed E-state index contributed by atoms with van der Waals surface area (Å²) in [5.41, 5.74) is 0.138. The van der Waals surface area contributed by atoms with Crippen molar-refractivity contribution < 1.29 is 4.79 Å². The number of amides is 1. The Kier molecular flexibility index (Phi) is 5.98. The second-order valence-corrected chi connectivity index (χ2v) is 7.11. The van der Waals surface area contributed by atoms with E-state index in [9.17, 15) is 4.79 Å². The van der Waals surface area contributed by atoms with E-state index in [0.29, 0.717) is 5.92 Å². The molecule has 1 aliphatic carbocycles. The highest BCUT2D eigenvalue weighted by molar-refractivity contribution is 9.09. The van der Waals surface area contributed by atoms with Crippen molar-refractivity contribution in [2.75, 3.05) is 5.33 Å². The quantitative estimate of drug-likeness (QED) is 0.767. The van der Waals surface area contributed by atoms with Gasteiger partial charge < -0.3 is 5.32 Å². The van der Waals surface area contributed by atoms with E-state index in [1.165, 1.54) is 25.7 Å². The zero-order chi connectivity index (χ0) is 12.9. The summed E-state index contributed by atoms with van der Waals surface area (Å²) in [5.74, 6) is 0.886. The van der Waals surface area contributed by atoms with Gasteiger partial charge in [-0.2, -0.15) is 0 Å². The molecule has 0 aromatic heterocycles. The molecule has 1 rings (SSSR count). The molecule has 3 heteroatoms. The van der Waals surface area contributed by atoms with Crippen LogP contribution in [0, 0.1) is 11.3 Å². The molecule has 0 radical (unpaired) electrons. The highest BCUT2D eigenvalue weighted by Gasteiger charge is 2.26. The summed E-state index contributed by atoms with van der Waals surface area (Å²) < 4.78 is 0. The smallest absolute Gasteiger partial charge is 0.220 e. The Morgan fingerprint density at radius 1 is 1.35 bits per heavy atom. The molecule has 1 atom stereocenters. The Hall–Kier alpha value is -0.0500. The molecule has 0 aromatic carbocycles. The maximum Gasteiger partial charge on any atom is 0.220 e. The third kappa shape index (κ3) is 5.41. The van der Waals surface area contributed by atoms with Crippen molar-refractivity contribution in [2.45, 2.75) is 65.3 Å². The number of halogens is 1. The SMILES string of the molecule is CC(C)(C)C(CCBr)NC(=O)CC1CCCC1.